The number of carbonyl (C=O) groups excluding carboxylic acids is 1. The van der Waals surface area contributed by atoms with Crippen LogP contribution in [0.3, 0.4) is 0 Å². The molecule has 0 saturated heterocycles. The first kappa shape index (κ1) is 25.7. The Morgan fingerprint density at radius 3 is 2.68 bits per heavy atom. The second-order valence-corrected chi connectivity index (χ2v) is 9.38. The summed E-state index contributed by atoms with van der Waals surface area (Å²) in [5.41, 5.74) is 4.94. The number of benzene rings is 1. The standard InChI is InChI=1S/C27H40N6O/c1-27(30-4,23-9-10-23)12-14-33(5)24-11-13-31-25(16-24)26(34)32-17-20-7-6-8-21(15-20)22(18-28-2)19-29-3/h6-8,11,13,15-16,18,23,28-30H,9-10,12,14,17,19H2,1-5H3,(H,32,34)/b22-18+/t27-/m1/s1. The Morgan fingerprint density at radius 1 is 1.21 bits per heavy atom. The van der Waals surface area contributed by atoms with Crippen molar-refractivity contribution in [2.24, 2.45) is 5.92 Å². The first-order valence-corrected chi connectivity index (χ1v) is 12.1. The number of pyridine rings is 1. The first-order valence-electron chi connectivity index (χ1n) is 12.1. The van der Waals surface area contributed by atoms with Gasteiger partial charge >= 0.3 is 0 Å². The SMILES string of the molecule is CN/C=C(\CNC)c1cccc(CNC(=O)c2cc(N(C)CC[C@@](C)(NC)C3CC3)ccn2)c1. The second kappa shape index (κ2) is 12.0. The van der Waals surface area contributed by atoms with Gasteiger partial charge in [0.15, 0.2) is 0 Å². The molecule has 0 unspecified atom stereocenters. The molecule has 0 spiro atoms. The number of anilines is 1. The molecule has 7 heteroatoms. The lowest BCUT2D eigenvalue weighted by Gasteiger charge is -2.32. The Hall–Kier alpha value is -2.90. The van der Waals surface area contributed by atoms with E-state index in [1.807, 2.05) is 44.6 Å². The molecule has 1 aromatic heterocycles. The maximum Gasteiger partial charge on any atom is 0.270 e. The van der Waals surface area contributed by atoms with Crippen LogP contribution in [0, 0.1) is 5.92 Å². The highest BCUT2D eigenvalue weighted by atomic mass is 16.1. The van der Waals surface area contributed by atoms with Crippen LogP contribution in [0.25, 0.3) is 5.57 Å². The number of rotatable bonds is 13. The minimum absolute atomic E-state index is 0.167. The van der Waals surface area contributed by atoms with Crippen LogP contribution in [0.2, 0.25) is 0 Å². The molecule has 1 atom stereocenters. The smallest absolute Gasteiger partial charge is 0.270 e. The van der Waals surface area contributed by atoms with Crippen molar-refractivity contribution >= 4 is 17.2 Å². The van der Waals surface area contributed by atoms with Gasteiger partial charge in [-0.1, -0.05) is 18.2 Å². The number of hydrogen-bond acceptors (Lipinski definition) is 6. The molecular weight excluding hydrogens is 424 g/mol. The van der Waals surface area contributed by atoms with Crippen LogP contribution >= 0.6 is 0 Å². The van der Waals surface area contributed by atoms with Crippen LogP contribution in [-0.2, 0) is 6.54 Å². The van der Waals surface area contributed by atoms with Crippen molar-refractivity contribution in [1.29, 1.82) is 0 Å². The Morgan fingerprint density at radius 2 is 2.00 bits per heavy atom. The second-order valence-electron chi connectivity index (χ2n) is 9.38. The molecule has 1 aliphatic carbocycles. The predicted octanol–water partition coefficient (Wildman–Crippen LogP) is 3.01. The average Bonchev–Trinajstić information content (AvgIpc) is 3.72. The molecule has 4 N–H and O–H groups in total. The first-order chi connectivity index (χ1) is 16.4. The van der Waals surface area contributed by atoms with E-state index in [0.29, 0.717) is 12.2 Å². The summed E-state index contributed by atoms with van der Waals surface area (Å²) in [7, 11) is 7.96. The van der Waals surface area contributed by atoms with E-state index in [4.69, 9.17) is 0 Å². The quantitative estimate of drug-likeness (QED) is 0.365. The fraction of sp³-hybridized carbons (Fsp3) is 0.481. The van der Waals surface area contributed by atoms with Gasteiger partial charge in [0.2, 0.25) is 0 Å². The maximum atomic E-state index is 12.8. The van der Waals surface area contributed by atoms with E-state index in [9.17, 15) is 4.79 Å². The van der Waals surface area contributed by atoms with Gasteiger partial charge in [-0.2, -0.15) is 0 Å². The number of amides is 1. The van der Waals surface area contributed by atoms with E-state index in [1.54, 1.807) is 6.20 Å². The Balaban J connectivity index is 1.60. The highest BCUT2D eigenvalue weighted by Crippen LogP contribution is 2.41. The van der Waals surface area contributed by atoms with Crippen LogP contribution < -0.4 is 26.2 Å². The summed E-state index contributed by atoms with van der Waals surface area (Å²) < 4.78 is 0. The molecule has 7 nitrogen and oxygen atoms in total. The number of hydrogen-bond donors (Lipinski definition) is 4. The third kappa shape index (κ3) is 6.81. The van der Waals surface area contributed by atoms with Gasteiger partial charge in [-0.05, 0) is 81.1 Å². The Kier molecular flexibility index (Phi) is 9.07. The van der Waals surface area contributed by atoms with Gasteiger partial charge in [-0.25, -0.2) is 0 Å². The summed E-state index contributed by atoms with van der Waals surface area (Å²) in [5, 5.41) is 12.8. The van der Waals surface area contributed by atoms with Gasteiger partial charge in [-0.15, -0.1) is 0 Å². The summed E-state index contributed by atoms with van der Waals surface area (Å²) in [6.07, 6.45) is 7.39. The fourth-order valence-electron chi connectivity index (χ4n) is 4.32. The minimum Gasteiger partial charge on any atom is -0.394 e. The van der Waals surface area contributed by atoms with Crippen molar-refractivity contribution in [3.8, 4) is 0 Å². The lowest BCUT2D eigenvalue weighted by atomic mass is 9.91. The molecule has 34 heavy (non-hydrogen) atoms. The summed E-state index contributed by atoms with van der Waals surface area (Å²) in [5.74, 6) is 0.603. The van der Waals surface area contributed by atoms with Crippen molar-refractivity contribution in [2.45, 2.75) is 38.3 Å². The highest BCUT2D eigenvalue weighted by Gasteiger charge is 2.39. The molecule has 184 valence electrons. The number of aromatic nitrogens is 1. The van der Waals surface area contributed by atoms with Crippen molar-refractivity contribution in [1.82, 2.24) is 26.3 Å². The van der Waals surface area contributed by atoms with Crippen molar-refractivity contribution in [3.63, 3.8) is 0 Å². The molecule has 1 heterocycles. The van der Waals surface area contributed by atoms with E-state index in [0.717, 1.165) is 47.8 Å². The average molecular weight is 465 g/mol. The largest absolute Gasteiger partial charge is 0.394 e. The third-order valence-corrected chi connectivity index (χ3v) is 6.87. The zero-order valence-corrected chi connectivity index (χ0v) is 21.2. The van der Waals surface area contributed by atoms with Crippen molar-refractivity contribution < 1.29 is 4.79 Å². The van der Waals surface area contributed by atoms with E-state index < -0.39 is 0 Å². The molecule has 0 aliphatic heterocycles. The Bertz CT molecular complexity index is 987. The fourth-order valence-corrected chi connectivity index (χ4v) is 4.32. The molecule has 1 aliphatic rings. The minimum atomic E-state index is -0.167. The molecular formula is C27H40N6O. The highest BCUT2D eigenvalue weighted by molar-refractivity contribution is 5.93. The predicted molar refractivity (Wildman–Crippen MR) is 141 cm³/mol. The zero-order valence-electron chi connectivity index (χ0n) is 21.2. The van der Waals surface area contributed by atoms with Crippen LogP contribution in [0.15, 0.2) is 48.8 Å². The van der Waals surface area contributed by atoms with Gasteiger partial charge in [0.05, 0.1) is 0 Å². The number of nitrogens with one attached hydrogen (secondary N) is 4. The molecule has 1 aromatic carbocycles. The third-order valence-electron chi connectivity index (χ3n) is 6.87. The van der Waals surface area contributed by atoms with Gasteiger partial charge < -0.3 is 26.2 Å². The monoisotopic (exact) mass is 464 g/mol. The molecule has 1 fully saturated rings. The summed E-state index contributed by atoms with van der Waals surface area (Å²) in [6.45, 7) is 4.44. The normalized spacial score (nSPS) is 15.5. The lowest BCUT2D eigenvalue weighted by molar-refractivity contribution is 0.0946. The molecule has 2 aromatic rings. The summed E-state index contributed by atoms with van der Waals surface area (Å²) in [4.78, 5) is 19.4. The van der Waals surface area contributed by atoms with E-state index >= 15 is 0 Å². The van der Waals surface area contributed by atoms with Crippen molar-refractivity contribution in [3.05, 3.63) is 65.6 Å². The van der Waals surface area contributed by atoms with Gasteiger partial charge in [0, 0.05) is 57.4 Å². The zero-order chi connectivity index (χ0) is 24.6. The van der Waals surface area contributed by atoms with Crippen LogP contribution in [0.4, 0.5) is 5.69 Å². The molecule has 0 bridgehead atoms. The van der Waals surface area contributed by atoms with E-state index in [2.05, 4.69) is 64.3 Å². The number of carbonyl (C=O) groups is 1. The topological polar surface area (TPSA) is 81.3 Å². The molecule has 1 saturated carbocycles. The van der Waals surface area contributed by atoms with Crippen molar-refractivity contribution in [2.75, 3.05) is 46.2 Å². The molecule has 0 radical (unpaired) electrons. The maximum absolute atomic E-state index is 12.8. The number of nitrogens with zero attached hydrogens (tertiary/aromatic N) is 2. The summed E-state index contributed by atoms with van der Waals surface area (Å²) >= 11 is 0. The van der Waals surface area contributed by atoms with E-state index in [-0.39, 0.29) is 11.4 Å². The van der Waals surface area contributed by atoms with E-state index in [1.165, 1.54) is 12.8 Å². The molecule has 3 rings (SSSR count). The summed E-state index contributed by atoms with van der Waals surface area (Å²) in [6, 6.07) is 12.1. The molecule has 1 amide bonds. The lowest BCUT2D eigenvalue weighted by Crippen LogP contribution is -2.44. The van der Waals surface area contributed by atoms with Gasteiger partial charge in [-0.3, -0.25) is 9.78 Å². The van der Waals surface area contributed by atoms with Gasteiger partial charge in [0.1, 0.15) is 5.69 Å². The van der Waals surface area contributed by atoms with Crippen LogP contribution in [0.1, 0.15) is 47.8 Å². The van der Waals surface area contributed by atoms with Crippen LogP contribution in [0.5, 0.6) is 0 Å². The Labute approximate surface area is 204 Å². The van der Waals surface area contributed by atoms with Crippen LogP contribution in [-0.4, -0.2) is 57.7 Å². The van der Waals surface area contributed by atoms with Gasteiger partial charge in [0.25, 0.3) is 5.91 Å². The number of likely N-dealkylation sites (N-methyl/N-ethyl adjacent to an activating group) is 1.